The number of hydrogen-bond donors (Lipinski definition) is 1. The van der Waals surface area contributed by atoms with E-state index >= 15 is 0 Å². The van der Waals surface area contributed by atoms with Crippen LogP contribution in [0.1, 0.15) is 10.4 Å². The van der Waals surface area contributed by atoms with Crippen LogP contribution in [0.5, 0.6) is 5.75 Å². The zero-order valence-corrected chi connectivity index (χ0v) is 14.9. The molecule has 0 aliphatic rings. The molecule has 4 rings (SSSR count). The Balaban J connectivity index is 1.57. The van der Waals surface area contributed by atoms with Gasteiger partial charge in [-0.15, -0.1) is 0 Å². The molecule has 3 aromatic carbocycles. The van der Waals surface area contributed by atoms with Crippen molar-refractivity contribution in [3.8, 4) is 5.75 Å². The van der Waals surface area contributed by atoms with Gasteiger partial charge < -0.3 is 10.2 Å². The van der Waals surface area contributed by atoms with Gasteiger partial charge in [0.1, 0.15) is 12.3 Å². The van der Waals surface area contributed by atoms with Crippen LogP contribution in [0.15, 0.2) is 77.9 Å². The first kappa shape index (κ1) is 16.8. The van der Waals surface area contributed by atoms with Gasteiger partial charge in [0, 0.05) is 16.3 Å². The number of benzene rings is 3. The maximum absolute atomic E-state index is 12.9. The standard InChI is InChI=1S/C22H19N3O2/c1-27-21-13-7-2-8-16(21)14-23-24-15-22(26)25-19-11-5-3-9-17(19)18-10-4-6-12-20(18)25/h2-14,24H,15H2,1H3/b23-14+. The minimum atomic E-state index is -0.0652. The molecule has 0 saturated carbocycles. The smallest absolute Gasteiger partial charge is 0.252 e. The minimum Gasteiger partial charge on any atom is -0.496 e. The van der Waals surface area contributed by atoms with Gasteiger partial charge in [0.05, 0.1) is 24.4 Å². The van der Waals surface area contributed by atoms with E-state index in [1.165, 1.54) is 0 Å². The number of carbonyl (C=O) groups is 1. The van der Waals surface area contributed by atoms with E-state index in [0.717, 1.165) is 33.1 Å². The molecule has 5 heteroatoms. The fourth-order valence-electron chi connectivity index (χ4n) is 3.27. The molecule has 0 aliphatic heterocycles. The van der Waals surface area contributed by atoms with E-state index in [2.05, 4.69) is 10.5 Å². The van der Waals surface area contributed by atoms with Crippen molar-refractivity contribution in [2.75, 3.05) is 13.7 Å². The SMILES string of the molecule is COc1ccccc1/C=N/NCC(=O)n1c2ccccc2c2ccccc21. The summed E-state index contributed by atoms with van der Waals surface area (Å²) in [7, 11) is 1.62. The Kier molecular flexibility index (Phi) is 4.58. The third kappa shape index (κ3) is 3.15. The Morgan fingerprint density at radius 1 is 0.963 bits per heavy atom. The van der Waals surface area contributed by atoms with Gasteiger partial charge in [-0.05, 0) is 24.3 Å². The molecule has 0 atom stereocenters. The van der Waals surface area contributed by atoms with Crippen molar-refractivity contribution in [2.45, 2.75) is 0 Å². The summed E-state index contributed by atoms with van der Waals surface area (Å²) in [4.78, 5) is 12.9. The molecule has 0 spiro atoms. The predicted octanol–water partition coefficient (Wildman–Crippen LogP) is 4.07. The quantitative estimate of drug-likeness (QED) is 0.433. The first-order chi connectivity index (χ1) is 13.3. The van der Waals surface area contributed by atoms with Crippen LogP contribution in [0, 0.1) is 0 Å². The van der Waals surface area contributed by atoms with Gasteiger partial charge in [-0.1, -0.05) is 48.5 Å². The van der Waals surface area contributed by atoms with Gasteiger partial charge in [0.2, 0.25) is 0 Å². The lowest BCUT2D eigenvalue weighted by atomic mass is 10.2. The number of nitrogens with zero attached hydrogens (tertiary/aromatic N) is 2. The summed E-state index contributed by atoms with van der Waals surface area (Å²) in [6.07, 6.45) is 1.65. The number of carbonyl (C=O) groups excluding carboxylic acids is 1. The third-order valence-electron chi connectivity index (χ3n) is 4.49. The van der Waals surface area contributed by atoms with Crippen LogP contribution in [0.2, 0.25) is 0 Å². The molecule has 27 heavy (non-hydrogen) atoms. The lowest BCUT2D eigenvalue weighted by molar-refractivity contribution is 0.0923. The fraction of sp³-hybridized carbons (Fsp3) is 0.0909. The van der Waals surface area contributed by atoms with E-state index in [1.54, 1.807) is 17.9 Å². The maximum atomic E-state index is 12.9. The van der Waals surface area contributed by atoms with Crippen molar-refractivity contribution in [2.24, 2.45) is 5.10 Å². The molecule has 0 radical (unpaired) electrons. The molecule has 0 fully saturated rings. The van der Waals surface area contributed by atoms with Crippen molar-refractivity contribution < 1.29 is 9.53 Å². The zero-order valence-electron chi connectivity index (χ0n) is 14.9. The number of hydrogen-bond acceptors (Lipinski definition) is 4. The van der Waals surface area contributed by atoms with Crippen LogP contribution < -0.4 is 10.2 Å². The van der Waals surface area contributed by atoms with Crippen LogP contribution in [-0.2, 0) is 0 Å². The second-order valence-corrected chi connectivity index (χ2v) is 6.10. The van der Waals surface area contributed by atoms with E-state index in [-0.39, 0.29) is 12.5 Å². The fourth-order valence-corrected chi connectivity index (χ4v) is 3.27. The van der Waals surface area contributed by atoms with Crippen LogP contribution >= 0.6 is 0 Å². The molecule has 134 valence electrons. The molecule has 1 N–H and O–H groups in total. The summed E-state index contributed by atoms with van der Waals surface area (Å²) >= 11 is 0. The molecule has 1 aromatic heterocycles. The number of para-hydroxylation sites is 3. The Bertz CT molecular complexity index is 1090. The highest BCUT2D eigenvalue weighted by Gasteiger charge is 2.14. The van der Waals surface area contributed by atoms with Crippen molar-refractivity contribution in [1.82, 2.24) is 9.99 Å². The van der Waals surface area contributed by atoms with Crippen molar-refractivity contribution in [3.05, 3.63) is 78.4 Å². The summed E-state index contributed by atoms with van der Waals surface area (Å²) in [5.74, 6) is 0.668. The number of rotatable bonds is 5. The number of methoxy groups -OCH3 is 1. The molecule has 4 aromatic rings. The molecular weight excluding hydrogens is 338 g/mol. The maximum Gasteiger partial charge on any atom is 0.252 e. The van der Waals surface area contributed by atoms with Crippen LogP contribution in [0.4, 0.5) is 0 Å². The van der Waals surface area contributed by atoms with Gasteiger partial charge in [-0.25, -0.2) is 0 Å². The Labute approximate surface area is 156 Å². The molecule has 1 heterocycles. The van der Waals surface area contributed by atoms with Crippen molar-refractivity contribution in [1.29, 1.82) is 0 Å². The van der Waals surface area contributed by atoms with E-state index in [9.17, 15) is 4.79 Å². The summed E-state index contributed by atoms with van der Waals surface area (Å²) in [6, 6.07) is 23.4. The lowest BCUT2D eigenvalue weighted by Gasteiger charge is -2.06. The number of nitrogens with one attached hydrogen (secondary N) is 1. The largest absolute Gasteiger partial charge is 0.496 e. The van der Waals surface area contributed by atoms with Crippen molar-refractivity contribution in [3.63, 3.8) is 0 Å². The van der Waals surface area contributed by atoms with E-state index < -0.39 is 0 Å². The molecule has 5 nitrogen and oxygen atoms in total. The number of fused-ring (bicyclic) bond motifs is 3. The van der Waals surface area contributed by atoms with Gasteiger partial charge in [-0.3, -0.25) is 9.36 Å². The molecular formula is C22H19N3O2. The third-order valence-corrected chi connectivity index (χ3v) is 4.49. The molecule has 0 bridgehead atoms. The summed E-state index contributed by atoms with van der Waals surface area (Å²) in [5.41, 5.74) is 5.49. The average Bonchev–Trinajstić information content (AvgIpc) is 3.06. The highest BCUT2D eigenvalue weighted by Crippen LogP contribution is 2.28. The van der Waals surface area contributed by atoms with Crippen LogP contribution in [0.25, 0.3) is 21.8 Å². The highest BCUT2D eigenvalue weighted by atomic mass is 16.5. The Hall–Kier alpha value is -3.60. The Morgan fingerprint density at radius 3 is 2.22 bits per heavy atom. The number of hydrazone groups is 1. The monoisotopic (exact) mass is 357 g/mol. The van der Waals surface area contributed by atoms with Gasteiger partial charge >= 0.3 is 0 Å². The Morgan fingerprint density at radius 2 is 1.56 bits per heavy atom. The van der Waals surface area contributed by atoms with Crippen LogP contribution in [-0.4, -0.2) is 30.3 Å². The van der Waals surface area contributed by atoms with E-state index in [4.69, 9.17) is 4.74 Å². The van der Waals surface area contributed by atoms with Gasteiger partial charge in [0.25, 0.3) is 5.91 Å². The molecule has 0 unspecified atom stereocenters. The van der Waals surface area contributed by atoms with Gasteiger partial charge in [0.15, 0.2) is 0 Å². The first-order valence-electron chi connectivity index (χ1n) is 8.70. The zero-order chi connectivity index (χ0) is 18.6. The van der Waals surface area contributed by atoms with E-state index in [1.807, 2.05) is 72.8 Å². The number of aromatic nitrogens is 1. The van der Waals surface area contributed by atoms with Crippen LogP contribution in [0.3, 0.4) is 0 Å². The minimum absolute atomic E-state index is 0.0652. The highest BCUT2D eigenvalue weighted by molar-refractivity contribution is 6.13. The predicted molar refractivity (Wildman–Crippen MR) is 109 cm³/mol. The second-order valence-electron chi connectivity index (χ2n) is 6.10. The molecule has 0 aliphatic carbocycles. The van der Waals surface area contributed by atoms with Gasteiger partial charge in [-0.2, -0.15) is 5.10 Å². The topological polar surface area (TPSA) is 55.6 Å². The average molecular weight is 357 g/mol. The lowest BCUT2D eigenvalue weighted by Crippen LogP contribution is -2.23. The van der Waals surface area contributed by atoms with E-state index in [0.29, 0.717) is 0 Å². The summed E-state index contributed by atoms with van der Waals surface area (Å²) in [6.45, 7) is 0.0916. The first-order valence-corrected chi connectivity index (χ1v) is 8.70. The second kappa shape index (κ2) is 7.33. The number of ether oxygens (including phenoxy) is 1. The molecule has 0 amide bonds. The summed E-state index contributed by atoms with van der Waals surface area (Å²) in [5, 5.41) is 6.31. The normalized spacial score (nSPS) is 11.3. The molecule has 0 saturated heterocycles. The summed E-state index contributed by atoms with van der Waals surface area (Å²) < 4.78 is 7.04. The van der Waals surface area contributed by atoms with Crippen molar-refractivity contribution >= 4 is 33.9 Å².